The second kappa shape index (κ2) is 7.90. The molecule has 2 heterocycles. The zero-order valence-corrected chi connectivity index (χ0v) is 15.0. The van der Waals surface area contributed by atoms with Crippen molar-refractivity contribution >= 4 is 17.2 Å². The Kier molecular flexibility index (Phi) is 5.40. The number of para-hydroxylation sites is 1. The van der Waals surface area contributed by atoms with Crippen LogP contribution in [0.25, 0.3) is 0 Å². The van der Waals surface area contributed by atoms with Gasteiger partial charge in [0.25, 0.3) is 5.91 Å². The highest BCUT2D eigenvalue weighted by molar-refractivity contribution is 7.09. The molecule has 1 amide bonds. The van der Waals surface area contributed by atoms with Crippen molar-refractivity contribution in [2.45, 2.75) is 20.0 Å². The number of aryl methyl sites for hydroxylation is 1. The van der Waals surface area contributed by atoms with Crippen molar-refractivity contribution in [1.82, 2.24) is 14.9 Å². The molecule has 3 aromatic rings. The first-order valence-corrected chi connectivity index (χ1v) is 8.77. The summed E-state index contributed by atoms with van der Waals surface area (Å²) in [5, 5.41) is 2.01. The van der Waals surface area contributed by atoms with E-state index in [1.165, 1.54) is 6.20 Å². The monoisotopic (exact) mass is 353 g/mol. The molecule has 0 aliphatic rings. The summed E-state index contributed by atoms with van der Waals surface area (Å²) in [5.41, 5.74) is 2.08. The lowest BCUT2D eigenvalue weighted by Crippen LogP contribution is -2.30. The van der Waals surface area contributed by atoms with Crippen molar-refractivity contribution in [3.05, 3.63) is 76.0 Å². The van der Waals surface area contributed by atoms with Gasteiger partial charge in [0.15, 0.2) is 0 Å². The third-order valence-electron chi connectivity index (χ3n) is 3.77. The Hall–Kier alpha value is -2.73. The predicted octanol–water partition coefficient (Wildman–Crippen LogP) is 3.70. The summed E-state index contributed by atoms with van der Waals surface area (Å²) in [6, 6.07) is 11.7. The number of hydrogen-bond donors (Lipinski definition) is 0. The highest BCUT2D eigenvalue weighted by Crippen LogP contribution is 2.22. The van der Waals surface area contributed by atoms with E-state index in [1.54, 1.807) is 29.5 Å². The first kappa shape index (κ1) is 17.1. The van der Waals surface area contributed by atoms with E-state index in [1.807, 2.05) is 48.7 Å². The molecule has 0 aliphatic carbocycles. The Bertz CT molecular complexity index is 832. The quantitative estimate of drug-likeness (QED) is 0.678. The minimum atomic E-state index is -0.146. The lowest BCUT2D eigenvalue weighted by atomic mass is 10.1. The van der Waals surface area contributed by atoms with Gasteiger partial charge in [-0.25, -0.2) is 4.98 Å². The molecule has 128 valence electrons. The molecule has 5 nitrogen and oxygen atoms in total. The van der Waals surface area contributed by atoms with Crippen LogP contribution < -0.4 is 4.74 Å². The number of rotatable bonds is 6. The number of amides is 1. The Balaban J connectivity index is 1.89. The molecule has 0 bridgehead atoms. The van der Waals surface area contributed by atoms with E-state index < -0.39 is 0 Å². The maximum absolute atomic E-state index is 13.0. The van der Waals surface area contributed by atoms with Crippen LogP contribution in [-0.2, 0) is 13.1 Å². The van der Waals surface area contributed by atoms with E-state index in [2.05, 4.69) is 9.97 Å². The van der Waals surface area contributed by atoms with Gasteiger partial charge < -0.3 is 9.64 Å². The van der Waals surface area contributed by atoms with E-state index in [9.17, 15) is 4.79 Å². The number of nitrogens with zero attached hydrogens (tertiary/aromatic N) is 3. The first-order valence-electron chi connectivity index (χ1n) is 7.89. The number of carbonyl (C=O) groups is 1. The van der Waals surface area contributed by atoms with Crippen LogP contribution >= 0.6 is 11.3 Å². The summed E-state index contributed by atoms with van der Waals surface area (Å²) < 4.78 is 5.42. The van der Waals surface area contributed by atoms with Gasteiger partial charge in [0.2, 0.25) is 0 Å². The number of ether oxygens (including phenoxy) is 1. The van der Waals surface area contributed by atoms with Crippen LogP contribution in [0.4, 0.5) is 0 Å². The van der Waals surface area contributed by atoms with Crippen molar-refractivity contribution < 1.29 is 9.53 Å². The van der Waals surface area contributed by atoms with Gasteiger partial charge in [-0.15, -0.1) is 11.3 Å². The van der Waals surface area contributed by atoms with E-state index in [0.29, 0.717) is 18.8 Å². The van der Waals surface area contributed by atoms with Crippen LogP contribution in [0.5, 0.6) is 5.75 Å². The number of carbonyl (C=O) groups excluding carboxylic acids is 1. The van der Waals surface area contributed by atoms with E-state index in [4.69, 9.17) is 4.74 Å². The standard InChI is InChI=1S/C19H19N3O2S/c1-14-10-21-17(11-20-14)19(23)22(13-16-7-5-9-25-16)12-15-6-3-4-8-18(15)24-2/h3-11H,12-13H2,1-2H3. The molecular weight excluding hydrogens is 334 g/mol. The SMILES string of the molecule is COc1ccccc1CN(Cc1cccs1)C(=O)c1cnc(C)cn1. The van der Waals surface area contributed by atoms with Crippen LogP contribution in [0.1, 0.15) is 26.6 Å². The van der Waals surface area contributed by atoms with E-state index >= 15 is 0 Å². The summed E-state index contributed by atoms with van der Waals surface area (Å²) in [5.74, 6) is 0.619. The highest BCUT2D eigenvalue weighted by atomic mass is 32.1. The molecule has 0 aliphatic heterocycles. The topological polar surface area (TPSA) is 55.3 Å². The molecule has 0 radical (unpaired) electrons. The summed E-state index contributed by atoms with van der Waals surface area (Å²) in [6.45, 7) is 2.81. The largest absolute Gasteiger partial charge is 0.496 e. The zero-order chi connectivity index (χ0) is 17.6. The molecule has 0 unspecified atom stereocenters. The second-order valence-corrected chi connectivity index (χ2v) is 6.63. The molecule has 0 saturated carbocycles. The third kappa shape index (κ3) is 4.22. The Morgan fingerprint density at radius 2 is 1.96 bits per heavy atom. The third-order valence-corrected chi connectivity index (χ3v) is 4.63. The second-order valence-electron chi connectivity index (χ2n) is 5.60. The minimum absolute atomic E-state index is 0.146. The van der Waals surface area contributed by atoms with Crippen LogP contribution in [0.15, 0.2) is 54.2 Å². The Morgan fingerprint density at radius 1 is 1.12 bits per heavy atom. The maximum Gasteiger partial charge on any atom is 0.274 e. The molecule has 0 fully saturated rings. The fourth-order valence-electron chi connectivity index (χ4n) is 2.49. The van der Waals surface area contributed by atoms with Gasteiger partial charge in [0, 0.05) is 16.6 Å². The number of thiophene rings is 1. The van der Waals surface area contributed by atoms with Crippen molar-refractivity contribution in [2.24, 2.45) is 0 Å². The van der Waals surface area contributed by atoms with Crippen LogP contribution in [-0.4, -0.2) is 27.9 Å². The Morgan fingerprint density at radius 3 is 2.64 bits per heavy atom. The summed E-state index contributed by atoms with van der Waals surface area (Å²) >= 11 is 1.63. The molecule has 0 spiro atoms. The van der Waals surface area contributed by atoms with Gasteiger partial charge in [-0.05, 0) is 24.4 Å². The van der Waals surface area contributed by atoms with Gasteiger partial charge in [-0.2, -0.15) is 0 Å². The zero-order valence-electron chi connectivity index (χ0n) is 14.2. The van der Waals surface area contributed by atoms with Gasteiger partial charge >= 0.3 is 0 Å². The molecule has 1 aromatic carbocycles. The summed E-state index contributed by atoms with van der Waals surface area (Å²) in [7, 11) is 1.63. The number of benzene rings is 1. The van der Waals surface area contributed by atoms with Gasteiger partial charge in [0.05, 0.1) is 32.1 Å². The molecule has 3 rings (SSSR count). The van der Waals surface area contributed by atoms with Crippen LogP contribution in [0, 0.1) is 6.92 Å². The van der Waals surface area contributed by atoms with Gasteiger partial charge in [-0.3, -0.25) is 9.78 Å². The highest BCUT2D eigenvalue weighted by Gasteiger charge is 2.20. The van der Waals surface area contributed by atoms with Crippen LogP contribution in [0.3, 0.4) is 0 Å². The molecule has 0 N–H and O–H groups in total. The minimum Gasteiger partial charge on any atom is -0.496 e. The van der Waals surface area contributed by atoms with Crippen molar-refractivity contribution in [3.8, 4) is 5.75 Å². The molecule has 6 heteroatoms. The number of aromatic nitrogens is 2. The van der Waals surface area contributed by atoms with Crippen molar-refractivity contribution in [2.75, 3.05) is 7.11 Å². The fraction of sp³-hybridized carbons (Fsp3) is 0.211. The molecule has 0 atom stereocenters. The summed E-state index contributed by atoms with van der Waals surface area (Å²) in [4.78, 5) is 24.3. The molecular formula is C19H19N3O2S. The van der Waals surface area contributed by atoms with E-state index in [0.717, 1.165) is 21.9 Å². The van der Waals surface area contributed by atoms with Crippen LogP contribution in [0.2, 0.25) is 0 Å². The number of hydrogen-bond acceptors (Lipinski definition) is 5. The lowest BCUT2D eigenvalue weighted by Gasteiger charge is -2.23. The van der Waals surface area contributed by atoms with Crippen molar-refractivity contribution in [1.29, 1.82) is 0 Å². The first-order chi connectivity index (χ1) is 12.2. The molecule has 2 aromatic heterocycles. The van der Waals surface area contributed by atoms with Gasteiger partial charge in [-0.1, -0.05) is 24.3 Å². The maximum atomic E-state index is 13.0. The average molecular weight is 353 g/mol. The smallest absolute Gasteiger partial charge is 0.274 e. The summed E-state index contributed by atoms with van der Waals surface area (Å²) in [6.07, 6.45) is 3.14. The number of methoxy groups -OCH3 is 1. The molecule has 0 saturated heterocycles. The van der Waals surface area contributed by atoms with E-state index in [-0.39, 0.29) is 5.91 Å². The van der Waals surface area contributed by atoms with Gasteiger partial charge in [0.1, 0.15) is 11.4 Å². The lowest BCUT2D eigenvalue weighted by molar-refractivity contribution is 0.0724. The molecule has 25 heavy (non-hydrogen) atoms. The Labute approximate surface area is 150 Å². The average Bonchev–Trinajstić information content (AvgIpc) is 3.15. The normalized spacial score (nSPS) is 10.5. The predicted molar refractivity (Wildman–Crippen MR) is 97.7 cm³/mol. The fourth-order valence-corrected chi connectivity index (χ4v) is 3.21. The van der Waals surface area contributed by atoms with Crippen molar-refractivity contribution in [3.63, 3.8) is 0 Å².